The summed E-state index contributed by atoms with van der Waals surface area (Å²) in [6, 6.07) is -0.0445. The molecule has 0 heterocycles. The summed E-state index contributed by atoms with van der Waals surface area (Å²) in [7, 11) is 1.58. The van der Waals surface area contributed by atoms with Crippen LogP contribution in [0.2, 0.25) is 0 Å². The van der Waals surface area contributed by atoms with Gasteiger partial charge in [0.15, 0.2) is 0 Å². The molecule has 0 unspecified atom stereocenters. The van der Waals surface area contributed by atoms with E-state index in [4.69, 9.17) is 10.5 Å². The molecule has 0 radical (unpaired) electrons. The highest BCUT2D eigenvalue weighted by Crippen LogP contribution is 1.98. The first kappa shape index (κ1) is 16.9. The molecule has 1 atom stereocenters. The predicted octanol–water partition coefficient (Wildman–Crippen LogP) is -0.419. The van der Waals surface area contributed by atoms with E-state index >= 15 is 0 Å². The maximum atomic E-state index is 11.7. The van der Waals surface area contributed by atoms with Crippen molar-refractivity contribution in [3.8, 4) is 0 Å². The summed E-state index contributed by atoms with van der Waals surface area (Å²) in [5.74, 6) is -0.177. The van der Waals surface area contributed by atoms with E-state index in [1.54, 1.807) is 12.0 Å². The van der Waals surface area contributed by atoms with Gasteiger partial charge in [-0.25, -0.2) is 0 Å². The van der Waals surface area contributed by atoms with Crippen LogP contribution in [0.4, 0.5) is 0 Å². The Morgan fingerprint density at radius 3 is 2.33 bits per heavy atom. The molecule has 18 heavy (non-hydrogen) atoms. The number of ether oxygens (including phenoxy) is 1. The number of rotatable bonds is 9. The quantitative estimate of drug-likeness (QED) is 0.589. The van der Waals surface area contributed by atoms with Gasteiger partial charge in [-0.15, -0.1) is 0 Å². The average Bonchev–Trinajstić information content (AvgIpc) is 2.14. The minimum Gasteiger partial charge on any atom is -0.383 e. The summed E-state index contributed by atoms with van der Waals surface area (Å²) in [6.45, 7) is 7.32. The maximum absolute atomic E-state index is 11.7. The van der Waals surface area contributed by atoms with Crippen LogP contribution >= 0.6 is 0 Å². The molecule has 0 aliphatic carbocycles. The van der Waals surface area contributed by atoms with Gasteiger partial charge in [0.25, 0.3) is 0 Å². The average molecular weight is 259 g/mol. The van der Waals surface area contributed by atoms with E-state index in [-0.39, 0.29) is 25.0 Å². The fraction of sp³-hybridized carbons (Fsp3) is 0.833. The second-order valence-corrected chi connectivity index (χ2v) is 4.95. The minimum atomic E-state index is -0.423. The number of amides is 2. The molecule has 6 nitrogen and oxygen atoms in total. The monoisotopic (exact) mass is 259 g/mol. The summed E-state index contributed by atoms with van der Waals surface area (Å²) < 4.78 is 4.94. The summed E-state index contributed by atoms with van der Waals surface area (Å²) in [5.41, 5.74) is 5.16. The van der Waals surface area contributed by atoms with Gasteiger partial charge in [0.05, 0.1) is 19.7 Å². The Hall–Kier alpha value is -1.14. The van der Waals surface area contributed by atoms with Crippen molar-refractivity contribution in [1.82, 2.24) is 10.2 Å². The molecule has 106 valence electrons. The van der Waals surface area contributed by atoms with Gasteiger partial charge in [0.1, 0.15) is 0 Å². The fourth-order valence-corrected chi connectivity index (χ4v) is 1.74. The smallest absolute Gasteiger partial charge is 0.234 e. The first-order valence-corrected chi connectivity index (χ1v) is 6.14. The standard InChI is InChI=1S/C12H25N3O3/c1-9(2)5-15(6-11(13)16)7-12(17)14-10(3)8-18-4/h9-10H,5-8H2,1-4H3,(H2,13,16)(H,14,17)/t10-/m1/s1. The normalized spacial score (nSPS) is 12.8. The number of carbonyl (C=O) groups is 2. The van der Waals surface area contributed by atoms with Crippen molar-refractivity contribution in [2.24, 2.45) is 11.7 Å². The van der Waals surface area contributed by atoms with Gasteiger partial charge in [-0.3, -0.25) is 14.5 Å². The number of nitrogens with zero attached hydrogens (tertiary/aromatic N) is 1. The van der Waals surface area contributed by atoms with E-state index in [9.17, 15) is 9.59 Å². The van der Waals surface area contributed by atoms with Crippen molar-refractivity contribution in [2.75, 3.05) is 33.4 Å². The first-order valence-electron chi connectivity index (χ1n) is 6.14. The third-order valence-corrected chi connectivity index (χ3v) is 2.19. The highest BCUT2D eigenvalue weighted by Gasteiger charge is 2.15. The van der Waals surface area contributed by atoms with Crippen LogP contribution in [0.5, 0.6) is 0 Å². The third kappa shape index (κ3) is 8.95. The Morgan fingerprint density at radius 2 is 1.89 bits per heavy atom. The van der Waals surface area contributed by atoms with Crippen molar-refractivity contribution in [3.63, 3.8) is 0 Å². The van der Waals surface area contributed by atoms with Crippen LogP contribution in [-0.2, 0) is 14.3 Å². The molecule has 0 rings (SSSR count). The van der Waals surface area contributed by atoms with Crippen molar-refractivity contribution >= 4 is 11.8 Å². The van der Waals surface area contributed by atoms with Gasteiger partial charge in [0.2, 0.25) is 11.8 Å². The third-order valence-electron chi connectivity index (χ3n) is 2.19. The Labute approximate surface area is 109 Å². The predicted molar refractivity (Wildman–Crippen MR) is 70.0 cm³/mol. The molecule has 6 heteroatoms. The zero-order valence-corrected chi connectivity index (χ0v) is 11.7. The zero-order chi connectivity index (χ0) is 14.1. The molecule has 0 aromatic rings. The molecule has 0 bridgehead atoms. The number of methoxy groups -OCH3 is 1. The van der Waals surface area contributed by atoms with Crippen molar-refractivity contribution in [3.05, 3.63) is 0 Å². The maximum Gasteiger partial charge on any atom is 0.234 e. The molecule has 2 amide bonds. The SMILES string of the molecule is COC[C@@H](C)NC(=O)CN(CC(N)=O)CC(C)C. The molecule has 0 fully saturated rings. The number of primary amides is 1. The van der Waals surface area contributed by atoms with Gasteiger partial charge >= 0.3 is 0 Å². The van der Waals surface area contributed by atoms with E-state index < -0.39 is 5.91 Å². The molecule has 0 saturated carbocycles. The van der Waals surface area contributed by atoms with Crippen LogP contribution in [0.1, 0.15) is 20.8 Å². The Balaban J connectivity index is 4.20. The second kappa shape index (κ2) is 8.88. The Morgan fingerprint density at radius 1 is 1.28 bits per heavy atom. The van der Waals surface area contributed by atoms with Crippen molar-refractivity contribution in [2.45, 2.75) is 26.8 Å². The molecule has 0 spiro atoms. The van der Waals surface area contributed by atoms with Crippen molar-refractivity contribution in [1.29, 1.82) is 0 Å². The molecule has 0 saturated heterocycles. The molecule has 0 aliphatic rings. The van der Waals surface area contributed by atoms with Crippen LogP contribution < -0.4 is 11.1 Å². The van der Waals surface area contributed by atoms with Crippen LogP contribution in [0, 0.1) is 5.92 Å². The topological polar surface area (TPSA) is 84.7 Å². The minimum absolute atomic E-state index is 0.0445. The Bertz CT molecular complexity index is 269. The molecular formula is C12H25N3O3. The Kier molecular flexibility index (Phi) is 8.32. The van der Waals surface area contributed by atoms with Gasteiger partial charge in [-0.05, 0) is 12.8 Å². The fourth-order valence-electron chi connectivity index (χ4n) is 1.74. The largest absolute Gasteiger partial charge is 0.383 e. The van der Waals surface area contributed by atoms with Gasteiger partial charge in [0, 0.05) is 19.7 Å². The van der Waals surface area contributed by atoms with E-state index in [1.807, 2.05) is 20.8 Å². The first-order chi connectivity index (χ1) is 8.35. The molecule has 0 aromatic heterocycles. The van der Waals surface area contributed by atoms with E-state index in [1.165, 1.54) is 0 Å². The molecule has 0 aliphatic heterocycles. The van der Waals surface area contributed by atoms with Gasteiger partial charge < -0.3 is 15.8 Å². The van der Waals surface area contributed by atoms with Crippen LogP contribution in [0.3, 0.4) is 0 Å². The number of nitrogens with one attached hydrogen (secondary N) is 1. The second-order valence-electron chi connectivity index (χ2n) is 4.95. The molecule has 3 N–H and O–H groups in total. The van der Waals surface area contributed by atoms with Crippen LogP contribution in [0.25, 0.3) is 0 Å². The van der Waals surface area contributed by atoms with Crippen LogP contribution in [-0.4, -0.2) is 56.1 Å². The summed E-state index contributed by atoms with van der Waals surface area (Å²) in [6.07, 6.45) is 0. The van der Waals surface area contributed by atoms with E-state index in [0.29, 0.717) is 19.1 Å². The number of hydrogen-bond acceptors (Lipinski definition) is 4. The lowest BCUT2D eigenvalue weighted by molar-refractivity contribution is -0.124. The van der Waals surface area contributed by atoms with E-state index in [0.717, 1.165) is 0 Å². The number of hydrogen-bond donors (Lipinski definition) is 2. The highest BCUT2D eigenvalue weighted by atomic mass is 16.5. The molecule has 0 aromatic carbocycles. The van der Waals surface area contributed by atoms with Gasteiger partial charge in [-0.1, -0.05) is 13.8 Å². The lowest BCUT2D eigenvalue weighted by Crippen LogP contribution is -2.45. The molecular weight excluding hydrogens is 234 g/mol. The summed E-state index contributed by atoms with van der Waals surface area (Å²) in [5, 5.41) is 2.80. The highest BCUT2D eigenvalue weighted by molar-refractivity contribution is 5.80. The summed E-state index contributed by atoms with van der Waals surface area (Å²) >= 11 is 0. The zero-order valence-electron chi connectivity index (χ0n) is 11.7. The van der Waals surface area contributed by atoms with Gasteiger partial charge in [-0.2, -0.15) is 0 Å². The lowest BCUT2D eigenvalue weighted by Gasteiger charge is -2.23. The summed E-state index contributed by atoms with van der Waals surface area (Å²) in [4.78, 5) is 24.4. The number of nitrogens with two attached hydrogens (primary N) is 1. The van der Waals surface area contributed by atoms with Crippen molar-refractivity contribution < 1.29 is 14.3 Å². The number of carbonyl (C=O) groups excluding carboxylic acids is 2. The lowest BCUT2D eigenvalue weighted by atomic mass is 10.2. The van der Waals surface area contributed by atoms with E-state index in [2.05, 4.69) is 5.32 Å². The van der Waals surface area contributed by atoms with Crippen LogP contribution in [0.15, 0.2) is 0 Å².